The zero-order chi connectivity index (χ0) is 25.3. The van der Waals surface area contributed by atoms with Gasteiger partial charge in [0, 0.05) is 54.2 Å². The Bertz CT molecular complexity index is 1720. The van der Waals surface area contributed by atoms with Crippen LogP contribution < -0.4 is 4.74 Å². The van der Waals surface area contributed by atoms with E-state index in [1.165, 1.54) is 12.8 Å². The second-order valence-electron chi connectivity index (χ2n) is 9.38. The van der Waals surface area contributed by atoms with Crippen LogP contribution >= 0.6 is 0 Å². The third-order valence-corrected chi connectivity index (χ3v) is 6.95. The van der Waals surface area contributed by atoms with Gasteiger partial charge in [-0.1, -0.05) is 0 Å². The molecule has 7 heterocycles. The Labute approximate surface area is 218 Å². The van der Waals surface area contributed by atoms with Crippen LogP contribution in [0.1, 0.15) is 12.8 Å². The molecule has 1 aliphatic heterocycles. The van der Waals surface area contributed by atoms with E-state index < -0.39 is 0 Å². The number of aromatic nitrogens is 8. The van der Waals surface area contributed by atoms with Gasteiger partial charge in [-0.05, 0) is 61.8 Å². The summed E-state index contributed by atoms with van der Waals surface area (Å²) in [6.45, 7) is 3.90. The zero-order valence-electron chi connectivity index (χ0n) is 20.6. The average molecular weight is 504 g/mol. The number of ether oxygens (including phenoxy) is 1. The third-order valence-electron chi connectivity index (χ3n) is 6.95. The van der Waals surface area contributed by atoms with Gasteiger partial charge in [0.1, 0.15) is 18.1 Å². The lowest BCUT2D eigenvalue weighted by Gasteiger charge is -2.15. The van der Waals surface area contributed by atoms with E-state index in [2.05, 4.69) is 46.1 Å². The Morgan fingerprint density at radius 3 is 2.61 bits per heavy atom. The van der Waals surface area contributed by atoms with Crippen molar-refractivity contribution in [2.24, 2.45) is 0 Å². The van der Waals surface area contributed by atoms with Crippen LogP contribution in [0.3, 0.4) is 0 Å². The van der Waals surface area contributed by atoms with Crippen molar-refractivity contribution >= 4 is 22.2 Å². The summed E-state index contributed by atoms with van der Waals surface area (Å²) in [4.78, 5) is 28.2. The van der Waals surface area contributed by atoms with Gasteiger partial charge in [-0.3, -0.25) is 20.0 Å². The van der Waals surface area contributed by atoms with Crippen molar-refractivity contribution in [3.05, 3.63) is 67.5 Å². The molecule has 0 amide bonds. The number of nitrogens with zero attached hydrogens (tertiary/aromatic N) is 7. The summed E-state index contributed by atoms with van der Waals surface area (Å²) >= 11 is 0. The number of aromatic amines is 2. The van der Waals surface area contributed by atoms with Crippen LogP contribution in [0.15, 0.2) is 67.5 Å². The smallest absolute Gasteiger partial charge is 0.181 e. The maximum atomic E-state index is 6.01. The molecule has 1 saturated heterocycles. The molecule has 1 aliphatic rings. The van der Waals surface area contributed by atoms with E-state index in [1.807, 2.05) is 30.5 Å². The zero-order valence-corrected chi connectivity index (χ0v) is 20.6. The summed E-state index contributed by atoms with van der Waals surface area (Å²) in [6, 6.07) is 9.96. The molecule has 6 aromatic rings. The van der Waals surface area contributed by atoms with Gasteiger partial charge >= 0.3 is 0 Å². The first kappa shape index (κ1) is 22.5. The quantitative estimate of drug-likeness (QED) is 0.327. The first-order chi connectivity index (χ1) is 18.8. The monoisotopic (exact) mass is 503 g/mol. The lowest BCUT2D eigenvalue weighted by Crippen LogP contribution is -2.25. The van der Waals surface area contributed by atoms with E-state index in [-0.39, 0.29) is 0 Å². The lowest BCUT2D eigenvalue weighted by molar-refractivity contribution is 0.237. The molecule has 10 nitrogen and oxygen atoms in total. The molecule has 0 saturated carbocycles. The highest BCUT2D eigenvalue weighted by Crippen LogP contribution is 2.32. The first-order valence-electron chi connectivity index (χ1n) is 12.7. The standard InChI is InChI=1S/C28H25N9O/c1-2-10-37(9-1)11-12-38-21-13-19(15-30-17-21)20-14-23-25(35-36-26(23)32-16-20)28-33-24-22(5-8-31-27(24)34-28)18-3-6-29-7-4-18/h3-8,13-17H,1-2,9-12H2,(H,31,33,34)(H,32,35,36). The molecule has 0 aliphatic carbocycles. The molecule has 0 aromatic carbocycles. The van der Waals surface area contributed by atoms with E-state index in [9.17, 15) is 0 Å². The molecule has 1 fully saturated rings. The number of rotatable bonds is 7. The topological polar surface area (TPSA) is 121 Å². The fourth-order valence-corrected chi connectivity index (χ4v) is 4.99. The Hall–Kier alpha value is -4.70. The molecule has 188 valence electrons. The normalized spacial score (nSPS) is 14.0. The molecule has 0 spiro atoms. The highest BCUT2D eigenvalue weighted by atomic mass is 16.5. The molecule has 6 aromatic heterocycles. The molecular formula is C28H25N9O. The fourth-order valence-electron chi connectivity index (χ4n) is 4.99. The second-order valence-corrected chi connectivity index (χ2v) is 9.38. The van der Waals surface area contributed by atoms with Gasteiger partial charge in [0.15, 0.2) is 17.1 Å². The third kappa shape index (κ3) is 4.24. The molecule has 7 rings (SSSR count). The Morgan fingerprint density at radius 2 is 1.71 bits per heavy atom. The van der Waals surface area contributed by atoms with Crippen LogP contribution in [-0.2, 0) is 0 Å². The summed E-state index contributed by atoms with van der Waals surface area (Å²) in [6.07, 6.45) is 13.2. The number of H-pyrrole nitrogens is 2. The summed E-state index contributed by atoms with van der Waals surface area (Å²) in [5, 5.41) is 8.37. The van der Waals surface area contributed by atoms with Crippen LogP contribution in [0, 0.1) is 0 Å². The molecule has 38 heavy (non-hydrogen) atoms. The number of imidazole rings is 1. The van der Waals surface area contributed by atoms with Gasteiger partial charge in [0.2, 0.25) is 0 Å². The maximum absolute atomic E-state index is 6.01. The molecule has 0 bridgehead atoms. The number of hydrogen-bond donors (Lipinski definition) is 2. The van der Waals surface area contributed by atoms with E-state index in [0.29, 0.717) is 23.7 Å². The molecule has 2 N–H and O–H groups in total. The van der Waals surface area contributed by atoms with Gasteiger partial charge in [-0.2, -0.15) is 5.10 Å². The summed E-state index contributed by atoms with van der Waals surface area (Å²) < 4.78 is 6.01. The van der Waals surface area contributed by atoms with E-state index >= 15 is 0 Å². The summed E-state index contributed by atoms with van der Waals surface area (Å²) in [5.41, 5.74) is 6.73. The second kappa shape index (κ2) is 9.64. The highest BCUT2D eigenvalue weighted by molar-refractivity contribution is 5.96. The Morgan fingerprint density at radius 1 is 0.842 bits per heavy atom. The molecule has 0 radical (unpaired) electrons. The van der Waals surface area contributed by atoms with Crippen molar-refractivity contribution in [1.82, 2.24) is 45.0 Å². The average Bonchev–Trinajstić information content (AvgIpc) is 3.73. The minimum Gasteiger partial charge on any atom is -0.491 e. The molecule has 0 unspecified atom stereocenters. The number of nitrogens with one attached hydrogen (secondary N) is 2. The van der Waals surface area contributed by atoms with E-state index in [0.717, 1.165) is 64.2 Å². The minimum atomic E-state index is 0.609. The van der Waals surface area contributed by atoms with Crippen molar-refractivity contribution in [2.45, 2.75) is 12.8 Å². The number of likely N-dealkylation sites (tertiary alicyclic amines) is 1. The van der Waals surface area contributed by atoms with Gasteiger partial charge in [-0.15, -0.1) is 0 Å². The predicted molar refractivity (Wildman–Crippen MR) is 144 cm³/mol. The Kier molecular flexibility index (Phi) is 5.71. The van der Waals surface area contributed by atoms with Crippen LogP contribution in [0.4, 0.5) is 0 Å². The highest BCUT2D eigenvalue weighted by Gasteiger charge is 2.17. The van der Waals surface area contributed by atoms with Crippen LogP contribution in [0.25, 0.3) is 56.0 Å². The lowest BCUT2D eigenvalue weighted by atomic mass is 10.1. The Balaban J connectivity index is 1.20. The number of pyridine rings is 4. The fraction of sp³-hybridized carbons (Fsp3) is 0.214. The molecule has 10 heteroatoms. The van der Waals surface area contributed by atoms with Gasteiger partial charge in [0.05, 0.1) is 17.1 Å². The number of hydrogen-bond acceptors (Lipinski definition) is 8. The van der Waals surface area contributed by atoms with Crippen LogP contribution in [0.5, 0.6) is 5.75 Å². The predicted octanol–water partition coefficient (Wildman–Crippen LogP) is 4.49. The van der Waals surface area contributed by atoms with Crippen molar-refractivity contribution in [3.63, 3.8) is 0 Å². The first-order valence-corrected chi connectivity index (χ1v) is 12.7. The largest absolute Gasteiger partial charge is 0.491 e. The summed E-state index contributed by atoms with van der Waals surface area (Å²) in [5.74, 6) is 1.40. The number of fused-ring (bicyclic) bond motifs is 2. The van der Waals surface area contributed by atoms with Crippen molar-refractivity contribution in [3.8, 4) is 39.5 Å². The minimum absolute atomic E-state index is 0.609. The van der Waals surface area contributed by atoms with Crippen molar-refractivity contribution in [1.29, 1.82) is 0 Å². The van der Waals surface area contributed by atoms with Gasteiger partial charge in [0.25, 0.3) is 0 Å². The SMILES string of the molecule is c1cc(-c2ccnc3nc(-c4[nH]nc5ncc(-c6cncc(OCCN7CCCC7)c6)cc45)[nH]c23)ccn1. The van der Waals surface area contributed by atoms with Crippen LogP contribution in [-0.4, -0.2) is 71.2 Å². The summed E-state index contributed by atoms with van der Waals surface area (Å²) in [7, 11) is 0. The van der Waals surface area contributed by atoms with Gasteiger partial charge in [-0.25, -0.2) is 15.0 Å². The maximum Gasteiger partial charge on any atom is 0.181 e. The van der Waals surface area contributed by atoms with E-state index in [4.69, 9.17) is 9.72 Å². The van der Waals surface area contributed by atoms with Gasteiger partial charge < -0.3 is 9.72 Å². The van der Waals surface area contributed by atoms with E-state index in [1.54, 1.807) is 31.0 Å². The molecular weight excluding hydrogens is 478 g/mol. The van der Waals surface area contributed by atoms with Crippen LogP contribution in [0.2, 0.25) is 0 Å². The van der Waals surface area contributed by atoms with Crippen molar-refractivity contribution < 1.29 is 4.74 Å². The molecule has 0 atom stereocenters. The van der Waals surface area contributed by atoms with Crippen molar-refractivity contribution in [2.75, 3.05) is 26.2 Å².